The lowest BCUT2D eigenvalue weighted by molar-refractivity contribution is -0.156. The Balaban J connectivity index is 4.27. The summed E-state index contributed by atoms with van der Waals surface area (Å²) in [6, 6.07) is -0.0314. The fourth-order valence-corrected chi connectivity index (χ4v) is 1.00. The maximum atomic E-state index is 11.3. The molecule has 0 unspecified atom stereocenters. The first kappa shape index (κ1) is 13.4. The van der Waals surface area contributed by atoms with E-state index < -0.39 is 11.9 Å². The quantitative estimate of drug-likeness (QED) is 0.617. The van der Waals surface area contributed by atoms with E-state index in [4.69, 9.17) is 5.11 Å². The van der Waals surface area contributed by atoms with Gasteiger partial charge in [-0.2, -0.15) is 0 Å². The molecule has 0 spiro atoms. The Hall–Kier alpha value is -1.59. The van der Waals surface area contributed by atoms with E-state index in [-0.39, 0.29) is 25.0 Å². The summed E-state index contributed by atoms with van der Waals surface area (Å²) in [6.45, 7) is 5.15. The lowest BCUT2D eigenvalue weighted by Gasteiger charge is -2.18. The molecule has 0 bridgehead atoms. The van der Waals surface area contributed by atoms with Crippen LogP contribution in [0.2, 0.25) is 0 Å². The van der Waals surface area contributed by atoms with Crippen molar-refractivity contribution in [1.29, 1.82) is 0 Å². The summed E-state index contributed by atoms with van der Waals surface area (Å²) in [6.07, 6.45) is 0. The zero-order valence-corrected chi connectivity index (χ0v) is 9.11. The highest BCUT2D eigenvalue weighted by atomic mass is 16.4. The number of carboxylic acids is 1. The summed E-state index contributed by atoms with van der Waals surface area (Å²) in [5, 5.41) is 11.0. The molecule has 0 saturated heterocycles. The van der Waals surface area contributed by atoms with E-state index in [2.05, 4.69) is 5.32 Å². The van der Waals surface area contributed by atoms with Crippen molar-refractivity contribution in [3.8, 4) is 0 Å². The fraction of sp³-hybridized carbons (Fsp3) is 0.667. The molecule has 0 aliphatic heterocycles. The van der Waals surface area contributed by atoms with Crippen LogP contribution >= 0.6 is 0 Å². The van der Waals surface area contributed by atoms with Crippen LogP contribution in [0.25, 0.3) is 0 Å². The van der Waals surface area contributed by atoms with Gasteiger partial charge in [0.15, 0.2) is 0 Å². The molecule has 86 valence electrons. The highest BCUT2D eigenvalue weighted by Crippen LogP contribution is 1.90. The summed E-state index contributed by atoms with van der Waals surface area (Å²) in [4.78, 5) is 33.6. The summed E-state index contributed by atoms with van der Waals surface area (Å²) in [5.41, 5.74) is 0. The van der Waals surface area contributed by atoms with Gasteiger partial charge in [-0.25, -0.2) is 4.79 Å². The normalized spacial score (nSPS) is 9.87. The Bertz CT molecular complexity index is 263. The Labute approximate surface area is 88.2 Å². The molecule has 2 N–H and O–H groups in total. The van der Waals surface area contributed by atoms with E-state index >= 15 is 0 Å². The Morgan fingerprint density at radius 1 is 1.33 bits per heavy atom. The number of carboxylic acid groups (broad SMARTS) is 1. The van der Waals surface area contributed by atoms with Gasteiger partial charge < -0.3 is 15.3 Å². The van der Waals surface area contributed by atoms with Crippen molar-refractivity contribution in [2.75, 3.05) is 13.1 Å². The van der Waals surface area contributed by atoms with Gasteiger partial charge in [0, 0.05) is 12.6 Å². The van der Waals surface area contributed by atoms with E-state index in [1.54, 1.807) is 20.8 Å². The van der Waals surface area contributed by atoms with Crippen molar-refractivity contribution >= 4 is 17.8 Å². The van der Waals surface area contributed by atoms with Gasteiger partial charge in [-0.05, 0) is 20.8 Å². The second kappa shape index (κ2) is 6.00. The molecular weight excluding hydrogens is 200 g/mol. The first-order valence-corrected chi connectivity index (χ1v) is 4.70. The molecule has 2 amide bonds. The highest BCUT2D eigenvalue weighted by molar-refractivity contribution is 6.31. The van der Waals surface area contributed by atoms with Gasteiger partial charge in [0.2, 0.25) is 5.91 Å². The third-order valence-corrected chi connectivity index (χ3v) is 1.64. The molecule has 0 aromatic rings. The largest absolute Gasteiger partial charge is 0.474 e. The molecule has 0 aliphatic rings. The zero-order valence-electron chi connectivity index (χ0n) is 9.11. The first-order valence-electron chi connectivity index (χ1n) is 4.70. The Morgan fingerprint density at radius 2 is 1.87 bits per heavy atom. The number of carbonyl (C=O) groups is 3. The highest BCUT2D eigenvalue weighted by Gasteiger charge is 2.21. The minimum Gasteiger partial charge on any atom is -0.474 e. The summed E-state index contributed by atoms with van der Waals surface area (Å²) < 4.78 is 0. The third kappa shape index (κ3) is 4.99. The van der Waals surface area contributed by atoms with E-state index in [1.807, 2.05) is 0 Å². The van der Waals surface area contributed by atoms with Crippen LogP contribution in [0.5, 0.6) is 0 Å². The van der Waals surface area contributed by atoms with Gasteiger partial charge in [0.25, 0.3) is 0 Å². The molecule has 0 rings (SSSR count). The predicted octanol–water partition coefficient (Wildman–Crippen LogP) is -0.556. The van der Waals surface area contributed by atoms with Crippen LogP contribution in [0.15, 0.2) is 0 Å². The molecule has 15 heavy (non-hydrogen) atoms. The molecule has 0 heterocycles. The number of hydrogen-bond donors (Lipinski definition) is 2. The molecule has 0 atom stereocenters. The van der Waals surface area contributed by atoms with Gasteiger partial charge in [-0.15, -0.1) is 0 Å². The van der Waals surface area contributed by atoms with E-state index in [0.29, 0.717) is 0 Å². The number of hydrogen-bond acceptors (Lipinski definition) is 3. The molecule has 0 aromatic carbocycles. The van der Waals surface area contributed by atoms with Crippen LogP contribution in [0.1, 0.15) is 20.8 Å². The maximum Gasteiger partial charge on any atom is 0.394 e. The van der Waals surface area contributed by atoms with Gasteiger partial charge in [-0.3, -0.25) is 9.59 Å². The summed E-state index contributed by atoms with van der Waals surface area (Å²) in [7, 11) is 0. The number of nitrogens with zero attached hydrogens (tertiary/aromatic N) is 1. The van der Waals surface area contributed by atoms with Crippen molar-refractivity contribution in [2.45, 2.75) is 26.8 Å². The van der Waals surface area contributed by atoms with E-state index in [1.165, 1.54) is 0 Å². The molecule has 0 aliphatic carbocycles. The van der Waals surface area contributed by atoms with Crippen LogP contribution in [0.3, 0.4) is 0 Å². The molecule has 6 nitrogen and oxygen atoms in total. The average molecular weight is 216 g/mol. The van der Waals surface area contributed by atoms with Crippen molar-refractivity contribution in [3.63, 3.8) is 0 Å². The van der Waals surface area contributed by atoms with Crippen molar-refractivity contribution in [3.05, 3.63) is 0 Å². The van der Waals surface area contributed by atoms with E-state index in [9.17, 15) is 14.4 Å². The second-order valence-corrected chi connectivity index (χ2v) is 3.35. The Morgan fingerprint density at radius 3 is 2.20 bits per heavy atom. The molecule has 0 saturated carbocycles. The predicted molar refractivity (Wildman–Crippen MR) is 53.2 cm³/mol. The van der Waals surface area contributed by atoms with Crippen molar-refractivity contribution in [1.82, 2.24) is 10.2 Å². The minimum absolute atomic E-state index is 0.0314. The molecular formula is C9H16N2O4. The van der Waals surface area contributed by atoms with Crippen LogP contribution in [0.4, 0.5) is 0 Å². The van der Waals surface area contributed by atoms with Gasteiger partial charge in [0.1, 0.15) is 6.54 Å². The molecule has 6 heteroatoms. The van der Waals surface area contributed by atoms with E-state index in [0.717, 1.165) is 4.90 Å². The van der Waals surface area contributed by atoms with Crippen LogP contribution in [-0.4, -0.2) is 46.9 Å². The number of nitrogens with one attached hydrogen (secondary N) is 1. The number of rotatable bonds is 4. The lowest BCUT2D eigenvalue weighted by atomic mass is 10.3. The standard InChI is InChI=1S/C9H16N2O4/c1-4-11(8(13)9(14)15)5-7(12)10-6(2)3/h6H,4-5H2,1-3H3,(H,10,12)(H,14,15). The van der Waals surface area contributed by atoms with Gasteiger partial charge in [0.05, 0.1) is 0 Å². The van der Waals surface area contributed by atoms with Crippen LogP contribution in [0, 0.1) is 0 Å². The zero-order chi connectivity index (χ0) is 12.0. The van der Waals surface area contributed by atoms with Crippen molar-refractivity contribution < 1.29 is 19.5 Å². The lowest BCUT2D eigenvalue weighted by Crippen LogP contribution is -2.44. The SMILES string of the molecule is CCN(CC(=O)NC(C)C)C(=O)C(=O)O. The summed E-state index contributed by atoms with van der Waals surface area (Å²) >= 11 is 0. The number of carbonyl (C=O) groups excluding carboxylic acids is 2. The minimum atomic E-state index is -1.55. The van der Waals surface area contributed by atoms with Gasteiger partial charge >= 0.3 is 11.9 Å². The second-order valence-electron chi connectivity index (χ2n) is 3.35. The molecule has 0 fully saturated rings. The number of amides is 2. The summed E-state index contributed by atoms with van der Waals surface area (Å²) in [5.74, 6) is -2.97. The molecule has 0 aromatic heterocycles. The van der Waals surface area contributed by atoms with Crippen LogP contribution in [-0.2, 0) is 14.4 Å². The third-order valence-electron chi connectivity index (χ3n) is 1.64. The van der Waals surface area contributed by atoms with Gasteiger partial charge in [-0.1, -0.05) is 0 Å². The smallest absolute Gasteiger partial charge is 0.394 e. The molecule has 0 radical (unpaired) electrons. The van der Waals surface area contributed by atoms with Crippen LogP contribution < -0.4 is 5.32 Å². The van der Waals surface area contributed by atoms with Crippen molar-refractivity contribution in [2.24, 2.45) is 0 Å². The average Bonchev–Trinajstić information content (AvgIpc) is 2.11. The monoisotopic (exact) mass is 216 g/mol. The number of aliphatic carboxylic acids is 1. The topological polar surface area (TPSA) is 86.7 Å². The fourth-order valence-electron chi connectivity index (χ4n) is 1.00. The first-order chi connectivity index (χ1) is 6.88. The number of likely N-dealkylation sites (N-methyl/N-ethyl adjacent to an activating group) is 1. The Kier molecular flexibility index (Phi) is 5.36. The maximum absolute atomic E-state index is 11.3.